The average molecular weight is 370 g/mol. The van der Waals surface area contributed by atoms with E-state index in [0.717, 1.165) is 5.69 Å². The van der Waals surface area contributed by atoms with E-state index in [-0.39, 0.29) is 12.5 Å². The molecule has 0 bridgehead atoms. The molecule has 1 amide bonds. The molecule has 6 heteroatoms. The van der Waals surface area contributed by atoms with Crippen LogP contribution in [0.1, 0.15) is 43.6 Å². The maximum absolute atomic E-state index is 12.5. The number of esters is 1. The lowest BCUT2D eigenvalue weighted by atomic mass is 10.1. The summed E-state index contributed by atoms with van der Waals surface area (Å²) in [5, 5.41) is 0. The maximum atomic E-state index is 12.5. The Kier molecular flexibility index (Phi) is 6.10. The first-order chi connectivity index (χ1) is 12.6. The van der Waals surface area contributed by atoms with Gasteiger partial charge in [-0.3, -0.25) is 4.79 Å². The number of hydrogen-bond donors (Lipinski definition) is 1. The number of nitrogens with zero attached hydrogens (tertiary/aromatic N) is 1. The number of benzene rings is 2. The molecule has 0 atom stereocenters. The lowest BCUT2D eigenvalue weighted by molar-refractivity contribution is -0.116. The van der Waals surface area contributed by atoms with Crippen LogP contribution in [0.25, 0.3) is 0 Å². The van der Waals surface area contributed by atoms with Gasteiger partial charge in [0.1, 0.15) is 18.0 Å². The number of carbonyl (C=O) groups is 2. The van der Waals surface area contributed by atoms with Gasteiger partial charge >= 0.3 is 5.97 Å². The molecule has 0 heterocycles. The molecule has 0 aliphatic heterocycles. The molecule has 2 aromatic rings. The Bertz CT molecular complexity index is 823. The molecule has 2 N–H and O–H groups in total. The molecule has 144 valence electrons. The summed E-state index contributed by atoms with van der Waals surface area (Å²) in [6.45, 7) is 7.13. The molecule has 0 aliphatic carbocycles. The molecule has 2 rings (SSSR count). The monoisotopic (exact) mass is 370 g/mol. The van der Waals surface area contributed by atoms with Gasteiger partial charge in [0.05, 0.1) is 5.56 Å². The predicted octanol–water partition coefficient (Wildman–Crippen LogP) is 3.79. The molecule has 6 nitrogen and oxygen atoms in total. The predicted molar refractivity (Wildman–Crippen MR) is 106 cm³/mol. The van der Waals surface area contributed by atoms with Gasteiger partial charge in [-0.2, -0.15) is 0 Å². The first-order valence-corrected chi connectivity index (χ1v) is 8.66. The van der Waals surface area contributed by atoms with Crippen LogP contribution in [-0.4, -0.2) is 24.5 Å². The van der Waals surface area contributed by atoms with E-state index in [0.29, 0.717) is 22.6 Å². The van der Waals surface area contributed by atoms with E-state index >= 15 is 0 Å². The van der Waals surface area contributed by atoms with Crippen molar-refractivity contribution in [3.8, 4) is 5.75 Å². The highest BCUT2D eigenvalue weighted by Crippen LogP contribution is 2.22. The van der Waals surface area contributed by atoms with E-state index in [1.54, 1.807) is 54.4 Å². The Hall–Kier alpha value is -3.02. The fourth-order valence-corrected chi connectivity index (χ4v) is 2.35. The quantitative estimate of drug-likeness (QED) is 0.640. The van der Waals surface area contributed by atoms with E-state index < -0.39 is 11.6 Å². The lowest BCUT2D eigenvalue weighted by Gasteiger charge is -2.21. The number of anilines is 2. The lowest BCUT2D eigenvalue weighted by Crippen LogP contribution is -2.25. The minimum Gasteiger partial charge on any atom is -0.489 e. The number of rotatable bonds is 5. The van der Waals surface area contributed by atoms with Crippen molar-refractivity contribution in [2.75, 3.05) is 17.7 Å². The Morgan fingerprint density at radius 3 is 2.26 bits per heavy atom. The van der Waals surface area contributed by atoms with Crippen molar-refractivity contribution in [2.45, 2.75) is 39.9 Å². The van der Waals surface area contributed by atoms with E-state index in [1.165, 1.54) is 6.92 Å². The Morgan fingerprint density at radius 1 is 1.07 bits per heavy atom. The van der Waals surface area contributed by atoms with Gasteiger partial charge in [-0.15, -0.1) is 0 Å². The molecule has 27 heavy (non-hydrogen) atoms. The third-order valence-electron chi connectivity index (χ3n) is 3.84. The fourth-order valence-electron chi connectivity index (χ4n) is 2.35. The molecular formula is C21H26N2O4. The Balaban J connectivity index is 2.14. The van der Waals surface area contributed by atoms with Gasteiger partial charge in [-0.1, -0.05) is 6.07 Å². The van der Waals surface area contributed by atoms with Crippen molar-refractivity contribution in [1.29, 1.82) is 0 Å². The van der Waals surface area contributed by atoms with Crippen LogP contribution in [0, 0.1) is 0 Å². The number of nitrogen functional groups attached to an aromatic ring is 1. The molecule has 0 unspecified atom stereocenters. The first-order valence-electron chi connectivity index (χ1n) is 8.66. The molecule has 0 aliphatic rings. The number of ether oxygens (including phenoxy) is 2. The first kappa shape index (κ1) is 20.3. The molecule has 2 aromatic carbocycles. The summed E-state index contributed by atoms with van der Waals surface area (Å²) in [6, 6.07) is 12.2. The molecule has 0 aromatic heterocycles. The van der Waals surface area contributed by atoms with E-state index in [9.17, 15) is 9.59 Å². The van der Waals surface area contributed by atoms with E-state index in [4.69, 9.17) is 15.2 Å². The van der Waals surface area contributed by atoms with Gasteiger partial charge in [0.2, 0.25) is 5.91 Å². The van der Waals surface area contributed by atoms with Crippen LogP contribution in [-0.2, 0) is 16.1 Å². The van der Waals surface area contributed by atoms with Crippen LogP contribution in [0.5, 0.6) is 5.75 Å². The van der Waals surface area contributed by atoms with Crippen LogP contribution >= 0.6 is 0 Å². The summed E-state index contributed by atoms with van der Waals surface area (Å²) in [4.78, 5) is 25.4. The third-order valence-corrected chi connectivity index (χ3v) is 3.84. The zero-order valence-corrected chi connectivity index (χ0v) is 16.4. The second kappa shape index (κ2) is 8.12. The summed E-state index contributed by atoms with van der Waals surface area (Å²) in [6.07, 6.45) is 0. The van der Waals surface area contributed by atoms with Crippen molar-refractivity contribution in [3.63, 3.8) is 0 Å². The molecule has 0 saturated heterocycles. The largest absolute Gasteiger partial charge is 0.489 e. The van der Waals surface area contributed by atoms with Gasteiger partial charge in [-0.05, 0) is 57.2 Å². The van der Waals surface area contributed by atoms with Crippen molar-refractivity contribution >= 4 is 23.3 Å². The van der Waals surface area contributed by atoms with Crippen molar-refractivity contribution in [1.82, 2.24) is 0 Å². The van der Waals surface area contributed by atoms with Crippen LogP contribution in [0.15, 0.2) is 42.5 Å². The van der Waals surface area contributed by atoms with Crippen LogP contribution in [0.3, 0.4) is 0 Å². The maximum Gasteiger partial charge on any atom is 0.339 e. The summed E-state index contributed by atoms with van der Waals surface area (Å²) in [5.74, 6) is 0.141. The summed E-state index contributed by atoms with van der Waals surface area (Å²) in [7, 11) is 1.71. The van der Waals surface area contributed by atoms with Crippen molar-refractivity contribution < 1.29 is 19.1 Å². The highest BCUT2D eigenvalue weighted by molar-refractivity contribution is 5.92. The zero-order valence-electron chi connectivity index (χ0n) is 16.4. The molecule has 0 fully saturated rings. The van der Waals surface area contributed by atoms with Gasteiger partial charge in [0.25, 0.3) is 0 Å². The molecule has 0 spiro atoms. The second-order valence-electron chi connectivity index (χ2n) is 7.28. The number of amides is 1. The molecule has 0 saturated carbocycles. The minimum absolute atomic E-state index is 0.0486. The summed E-state index contributed by atoms with van der Waals surface area (Å²) < 4.78 is 11.2. The van der Waals surface area contributed by atoms with Crippen LogP contribution in [0.4, 0.5) is 11.4 Å². The number of carbonyl (C=O) groups excluding carboxylic acids is 2. The average Bonchev–Trinajstić information content (AvgIpc) is 2.59. The van der Waals surface area contributed by atoms with Gasteiger partial charge in [-0.25, -0.2) is 4.79 Å². The van der Waals surface area contributed by atoms with Gasteiger partial charge in [0.15, 0.2) is 0 Å². The molecular weight excluding hydrogens is 344 g/mol. The summed E-state index contributed by atoms with van der Waals surface area (Å²) in [5.41, 5.74) is 7.55. The van der Waals surface area contributed by atoms with Crippen molar-refractivity contribution in [2.24, 2.45) is 0 Å². The number of nitrogens with two attached hydrogens (primary N) is 1. The van der Waals surface area contributed by atoms with Gasteiger partial charge in [0, 0.05) is 30.9 Å². The summed E-state index contributed by atoms with van der Waals surface area (Å²) >= 11 is 0. The van der Waals surface area contributed by atoms with Crippen molar-refractivity contribution in [3.05, 3.63) is 53.6 Å². The fraction of sp³-hybridized carbons (Fsp3) is 0.333. The standard InChI is InChI=1S/C21H26N2O4/c1-14(24)23(5)17-8-10-18(11-9-17)26-13-15-6-7-16(22)12-19(15)20(25)27-21(2,3)4/h6-12H,13,22H2,1-5H3. The second-order valence-corrected chi connectivity index (χ2v) is 7.28. The Labute approximate surface area is 159 Å². The zero-order chi connectivity index (χ0) is 20.2. The van der Waals surface area contributed by atoms with Crippen LogP contribution in [0.2, 0.25) is 0 Å². The third kappa shape index (κ3) is 5.74. The normalized spacial score (nSPS) is 11.0. The smallest absolute Gasteiger partial charge is 0.339 e. The topological polar surface area (TPSA) is 81.9 Å². The van der Waals surface area contributed by atoms with E-state index in [2.05, 4.69) is 0 Å². The Morgan fingerprint density at radius 2 is 1.70 bits per heavy atom. The minimum atomic E-state index is -0.599. The molecule has 0 radical (unpaired) electrons. The van der Waals surface area contributed by atoms with E-state index in [1.807, 2.05) is 20.8 Å². The number of hydrogen-bond acceptors (Lipinski definition) is 5. The SMILES string of the molecule is CC(=O)N(C)c1ccc(OCc2ccc(N)cc2C(=O)OC(C)(C)C)cc1. The highest BCUT2D eigenvalue weighted by Gasteiger charge is 2.21. The van der Waals surface area contributed by atoms with Gasteiger partial charge < -0.3 is 20.1 Å². The van der Waals surface area contributed by atoms with Crippen LogP contribution < -0.4 is 15.4 Å². The highest BCUT2D eigenvalue weighted by atomic mass is 16.6.